The molecule has 0 amide bonds. The molecule has 4 aromatic rings. The number of rotatable bonds is 7. The first kappa shape index (κ1) is 27.2. The normalized spacial score (nSPS) is 17.3. The molecule has 2 N–H and O–H groups in total. The van der Waals surface area contributed by atoms with Gasteiger partial charge in [-0.05, 0) is 86.2 Å². The molecular formula is C28H28BrN5O3S2. The van der Waals surface area contributed by atoms with Gasteiger partial charge in [0.05, 0.1) is 36.8 Å². The molecule has 3 heterocycles. The Kier molecular flexibility index (Phi) is 7.41. The number of nitrogens with zero attached hydrogens (tertiary/aromatic N) is 3. The van der Waals surface area contributed by atoms with E-state index < -0.39 is 10.0 Å². The van der Waals surface area contributed by atoms with Crippen molar-refractivity contribution >= 4 is 54.7 Å². The van der Waals surface area contributed by atoms with E-state index in [0.29, 0.717) is 16.5 Å². The van der Waals surface area contributed by atoms with E-state index in [-0.39, 0.29) is 12.1 Å². The van der Waals surface area contributed by atoms with Crippen molar-refractivity contribution in [3.63, 3.8) is 0 Å². The predicted molar refractivity (Wildman–Crippen MR) is 162 cm³/mol. The Labute approximate surface area is 242 Å². The number of nitrogens with one attached hydrogen (secondary N) is 2. The molecule has 1 fully saturated rings. The van der Waals surface area contributed by atoms with Crippen LogP contribution in [0.25, 0.3) is 5.69 Å². The van der Waals surface area contributed by atoms with Gasteiger partial charge >= 0.3 is 0 Å². The molecule has 2 aromatic carbocycles. The number of halogens is 1. The third kappa shape index (κ3) is 5.39. The predicted octanol–water partition coefficient (Wildman–Crippen LogP) is 5.81. The summed E-state index contributed by atoms with van der Waals surface area (Å²) in [7, 11) is -1.98. The van der Waals surface area contributed by atoms with Crippen LogP contribution in [0.1, 0.15) is 34.7 Å². The van der Waals surface area contributed by atoms with Gasteiger partial charge < -0.3 is 19.5 Å². The molecule has 1 saturated heterocycles. The monoisotopic (exact) mass is 625 g/mol. The Bertz CT molecular complexity index is 1640. The van der Waals surface area contributed by atoms with Crippen LogP contribution in [0.5, 0.6) is 5.75 Å². The highest BCUT2D eigenvalue weighted by atomic mass is 79.9. The van der Waals surface area contributed by atoms with Crippen LogP contribution in [-0.4, -0.2) is 36.4 Å². The van der Waals surface area contributed by atoms with Crippen LogP contribution in [0.15, 0.2) is 77.4 Å². The van der Waals surface area contributed by atoms with Crippen molar-refractivity contribution in [3.8, 4) is 11.4 Å². The Morgan fingerprint density at radius 1 is 1.05 bits per heavy atom. The largest absolute Gasteiger partial charge is 0.494 e. The van der Waals surface area contributed by atoms with Crippen molar-refractivity contribution < 1.29 is 13.2 Å². The van der Waals surface area contributed by atoms with Crippen LogP contribution in [0.4, 0.5) is 11.4 Å². The maximum Gasteiger partial charge on any atom is 0.229 e. The van der Waals surface area contributed by atoms with E-state index in [4.69, 9.17) is 17.0 Å². The minimum atomic E-state index is -3.48. The molecule has 0 spiro atoms. The maximum absolute atomic E-state index is 11.9. The lowest BCUT2D eigenvalue weighted by Crippen LogP contribution is -2.29. The molecule has 11 heteroatoms. The second kappa shape index (κ2) is 10.6. The minimum absolute atomic E-state index is 0.225. The number of hydrogen-bond acceptors (Lipinski definition) is 5. The van der Waals surface area contributed by atoms with Crippen molar-refractivity contribution in [3.05, 3.63) is 100 Å². The summed E-state index contributed by atoms with van der Waals surface area (Å²) >= 11 is 9.42. The van der Waals surface area contributed by atoms with E-state index in [1.807, 2.05) is 36.4 Å². The van der Waals surface area contributed by atoms with Crippen LogP contribution in [-0.2, 0) is 10.0 Å². The smallest absolute Gasteiger partial charge is 0.229 e. The molecule has 1 aliphatic heterocycles. The quantitative estimate of drug-likeness (QED) is 0.251. The van der Waals surface area contributed by atoms with Crippen molar-refractivity contribution in [2.24, 2.45) is 0 Å². The summed E-state index contributed by atoms with van der Waals surface area (Å²) in [5.74, 6) is 0.390. The summed E-state index contributed by atoms with van der Waals surface area (Å²) in [6.07, 6.45) is 2.88. The number of thiocarbonyl (C=S) groups is 1. The molecule has 0 unspecified atom stereocenters. The Morgan fingerprint density at radius 2 is 1.77 bits per heavy atom. The third-order valence-electron chi connectivity index (χ3n) is 6.73. The van der Waals surface area contributed by atoms with Crippen LogP contribution in [0.2, 0.25) is 0 Å². The van der Waals surface area contributed by atoms with Gasteiger partial charge in [-0.25, -0.2) is 8.42 Å². The number of hydrogen-bond donors (Lipinski definition) is 2. The summed E-state index contributed by atoms with van der Waals surface area (Å²) in [4.78, 5) is 6.70. The van der Waals surface area contributed by atoms with Crippen LogP contribution in [0.3, 0.4) is 0 Å². The SMILES string of the molecule is COc1cc(N2C(=S)N[C@H](c3ccccn3)[C@H]2c2cc(C)n(-c3ccc(Br)cc3)c2C)ccc1NS(C)(=O)=O. The van der Waals surface area contributed by atoms with Gasteiger partial charge in [0.1, 0.15) is 5.75 Å². The maximum atomic E-state index is 11.9. The highest BCUT2D eigenvalue weighted by molar-refractivity contribution is 9.10. The standard InChI is InChI=1S/C28H28BrN5O3S2/c1-17-15-22(18(2)33(17)20-10-8-19(29)9-11-20)27-26(24-7-5-6-14-30-24)31-28(38)34(27)21-12-13-23(25(16-21)37-3)32-39(4,35)36/h5-16,26-27,32H,1-4H3,(H,31,38)/t26-,27-/m1/s1. The van der Waals surface area contributed by atoms with Crippen molar-refractivity contribution in [1.29, 1.82) is 0 Å². The van der Waals surface area contributed by atoms with Crippen molar-refractivity contribution in [2.75, 3.05) is 23.0 Å². The fourth-order valence-electron chi connectivity index (χ4n) is 5.14. The fraction of sp³-hybridized carbons (Fsp3) is 0.214. The average Bonchev–Trinajstić information content (AvgIpc) is 3.39. The molecule has 1 aliphatic rings. The second-order valence-corrected chi connectivity index (χ2v) is 12.4. The summed E-state index contributed by atoms with van der Waals surface area (Å²) in [6, 6.07) is 21.1. The zero-order chi connectivity index (χ0) is 27.9. The first-order valence-corrected chi connectivity index (χ1v) is 15.3. The Balaban J connectivity index is 1.66. The van der Waals surface area contributed by atoms with E-state index in [1.54, 1.807) is 18.3 Å². The molecule has 0 aliphatic carbocycles. The highest BCUT2D eigenvalue weighted by Crippen LogP contribution is 2.45. The van der Waals surface area contributed by atoms with Gasteiger partial charge in [-0.1, -0.05) is 22.0 Å². The molecule has 39 heavy (non-hydrogen) atoms. The van der Waals surface area contributed by atoms with Gasteiger partial charge in [0.15, 0.2) is 5.11 Å². The Hall–Kier alpha value is -3.41. The summed E-state index contributed by atoms with van der Waals surface area (Å²) in [5, 5.41) is 4.02. The van der Waals surface area contributed by atoms with Gasteiger partial charge in [-0.2, -0.15) is 0 Å². The molecular weight excluding hydrogens is 598 g/mol. The van der Waals surface area contributed by atoms with E-state index in [1.165, 1.54) is 7.11 Å². The zero-order valence-corrected chi connectivity index (χ0v) is 25.1. The van der Waals surface area contributed by atoms with E-state index in [2.05, 4.69) is 72.5 Å². The summed E-state index contributed by atoms with van der Waals surface area (Å²) < 4.78 is 35.1. The molecule has 8 nitrogen and oxygen atoms in total. The molecule has 5 rings (SSSR count). The number of sulfonamides is 1. The van der Waals surface area contributed by atoms with Crippen LogP contribution in [0, 0.1) is 13.8 Å². The first-order chi connectivity index (χ1) is 18.6. The molecule has 0 saturated carbocycles. The topological polar surface area (TPSA) is 88.5 Å². The lowest BCUT2D eigenvalue weighted by Gasteiger charge is -2.29. The number of aryl methyl sites for hydroxylation is 1. The number of ether oxygens (including phenoxy) is 1. The molecule has 0 bridgehead atoms. The number of benzene rings is 2. The van der Waals surface area contributed by atoms with E-state index >= 15 is 0 Å². The first-order valence-electron chi connectivity index (χ1n) is 12.2. The fourth-order valence-corrected chi connectivity index (χ4v) is 6.32. The lowest BCUT2D eigenvalue weighted by atomic mass is 9.96. The van der Waals surface area contributed by atoms with Gasteiger partial charge in [0, 0.05) is 39.5 Å². The number of pyridine rings is 1. The van der Waals surface area contributed by atoms with Crippen molar-refractivity contribution in [2.45, 2.75) is 25.9 Å². The number of methoxy groups -OCH3 is 1. The van der Waals surface area contributed by atoms with E-state index in [9.17, 15) is 8.42 Å². The average molecular weight is 627 g/mol. The van der Waals surface area contributed by atoms with Gasteiger partial charge in [0.25, 0.3) is 0 Å². The van der Waals surface area contributed by atoms with Gasteiger partial charge in [-0.3, -0.25) is 9.71 Å². The number of anilines is 2. The Morgan fingerprint density at radius 3 is 2.41 bits per heavy atom. The van der Waals surface area contributed by atoms with Crippen LogP contribution < -0.4 is 19.7 Å². The summed E-state index contributed by atoms with van der Waals surface area (Å²) in [5.41, 5.74) is 6.31. The second-order valence-electron chi connectivity index (χ2n) is 9.39. The molecule has 2 aromatic heterocycles. The minimum Gasteiger partial charge on any atom is -0.494 e. The third-order valence-corrected chi connectivity index (χ3v) is 8.16. The lowest BCUT2D eigenvalue weighted by molar-refractivity contribution is 0.417. The molecule has 0 radical (unpaired) electrons. The van der Waals surface area contributed by atoms with Gasteiger partial charge in [-0.15, -0.1) is 0 Å². The van der Waals surface area contributed by atoms with Crippen LogP contribution >= 0.6 is 28.1 Å². The van der Waals surface area contributed by atoms with Gasteiger partial charge in [0.2, 0.25) is 10.0 Å². The highest BCUT2D eigenvalue weighted by Gasteiger charge is 2.42. The molecule has 2 atom stereocenters. The summed E-state index contributed by atoms with van der Waals surface area (Å²) in [6.45, 7) is 4.20. The van der Waals surface area contributed by atoms with E-state index in [0.717, 1.165) is 44.7 Å². The molecule has 202 valence electrons. The number of aromatic nitrogens is 2. The zero-order valence-electron chi connectivity index (χ0n) is 21.8. The van der Waals surface area contributed by atoms with Crippen molar-refractivity contribution in [1.82, 2.24) is 14.9 Å².